The van der Waals surface area contributed by atoms with Gasteiger partial charge in [0, 0.05) is 0 Å². The van der Waals surface area contributed by atoms with Crippen LogP contribution < -0.4 is 10.6 Å². The van der Waals surface area contributed by atoms with Crippen molar-refractivity contribution in [2.45, 2.75) is 418 Å². The average Bonchev–Trinajstić information content (AvgIpc) is 4.19. The van der Waals surface area contributed by atoms with E-state index in [0.717, 1.165) is 76.0 Å². The fraction of sp³-hybridized carbons (Fsp3) is 0.971. The van der Waals surface area contributed by atoms with Gasteiger partial charge in [0.15, 0.2) is 0 Å². The van der Waals surface area contributed by atoms with Crippen molar-refractivity contribution in [1.82, 2.24) is 10.6 Å². The molecule has 1 rings (SSSR count). The number of hydrogen-bond acceptors (Lipinski definition) is 6. The third-order valence-corrected chi connectivity index (χ3v) is 17.4. The van der Waals surface area contributed by atoms with E-state index in [4.69, 9.17) is 0 Å². The van der Waals surface area contributed by atoms with Crippen LogP contribution in [-0.2, 0) is 9.59 Å². The molecule has 2 amide bonds. The van der Waals surface area contributed by atoms with Crippen molar-refractivity contribution in [3.63, 3.8) is 0 Å². The molecule has 0 aliphatic heterocycles. The van der Waals surface area contributed by atoms with Crippen LogP contribution in [-0.4, -0.2) is 68.7 Å². The van der Waals surface area contributed by atoms with E-state index < -0.39 is 24.4 Å². The highest BCUT2D eigenvalue weighted by Crippen LogP contribution is 2.45. The number of carbonyl (C=O) groups is 2. The van der Waals surface area contributed by atoms with Gasteiger partial charge in [-0.2, -0.15) is 0 Å². The number of rotatable bonds is 59. The van der Waals surface area contributed by atoms with Crippen LogP contribution in [0, 0.1) is 11.8 Å². The monoisotopic (exact) mass is 1090 g/mol. The Balaban J connectivity index is 0.00000151. The van der Waals surface area contributed by atoms with E-state index in [0.29, 0.717) is 25.7 Å². The summed E-state index contributed by atoms with van der Waals surface area (Å²) in [5.74, 6) is 1.49. The van der Waals surface area contributed by atoms with Crippen molar-refractivity contribution in [2.75, 3.05) is 0 Å². The summed E-state index contributed by atoms with van der Waals surface area (Å²) >= 11 is 0. The molecule has 1 aliphatic carbocycles. The van der Waals surface area contributed by atoms with Gasteiger partial charge in [0.05, 0.1) is 24.3 Å². The first kappa shape index (κ1) is 75.8. The van der Waals surface area contributed by atoms with Crippen LogP contribution in [0.25, 0.3) is 0 Å². The molecule has 6 N–H and O–H groups in total. The summed E-state index contributed by atoms with van der Waals surface area (Å²) in [5, 5.41) is 47.6. The lowest BCUT2D eigenvalue weighted by atomic mass is 9.99. The van der Waals surface area contributed by atoms with Gasteiger partial charge < -0.3 is 31.1 Å². The van der Waals surface area contributed by atoms with Gasteiger partial charge >= 0.3 is 0 Å². The van der Waals surface area contributed by atoms with Crippen molar-refractivity contribution in [3.8, 4) is 0 Å². The van der Waals surface area contributed by atoms with Crippen LogP contribution in [0.4, 0.5) is 0 Å². The van der Waals surface area contributed by atoms with E-state index in [1.807, 2.05) is 13.8 Å². The summed E-state index contributed by atoms with van der Waals surface area (Å²) < 4.78 is 0. The van der Waals surface area contributed by atoms with Gasteiger partial charge in [-0.1, -0.05) is 337 Å². The van der Waals surface area contributed by atoms with E-state index in [-0.39, 0.29) is 23.9 Å². The molecule has 0 aromatic rings. The predicted octanol–water partition coefficient (Wildman–Crippen LogP) is 19.4. The molecule has 0 radical (unpaired) electrons. The molecule has 1 aliphatic rings. The van der Waals surface area contributed by atoms with Crippen LogP contribution in [0.5, 0.6) is 0 Å². The number of carbonyl (C=O) groups excluding carboxylic acids is 2. The minimum atomic E-state index is -0.952. The number of nitrogens with one attached hydrogen (secondary N) is 2. The number of aliphatic hydroxyl groups excluding tert-OH is 4. The van der Waals surface area contributed by atoms with Crippen LogP contribution >= 0.6 is 0 Å². The van der Waals surface area contributed by atoms with Crippen LogP contribution in [0.1, 0.15) is 382 Å². The molecule has 8 unspecified atom stereocenters. The van der Waals surface area contributed by atoms with Gasteiger partial charge in [0.25, 0.3) is 0 Å². The quantitative estimate of drug-likeness (QED) is 0.0335. The predicted molar refractivity (Wildman–Crippen MR) is 334 cm³/mol. The maximum Gasteiger partial charge on any atom is 0.249 e. The van der Waals surface area contributed by atoms with Crippen molar-refractivity contribution in [2.24, 2.45) is 11.8 Å². The molecule has 8 heteroatoms. The Morgan fingerprint density at radius 1 is 0.312 bits per heavy atom. The lowest BCUT2D eigenvalue weighted by molar-refractivity contribution is -0.132. The first-order valence-electron chi connectivity index (χ1n) is 34.9. The summed E-state index contributed by atoms with van der Waals surface area (Å²) in [5.41, 5.74) is 0. The highest BCUT2D eigenvalue weighted by molar-refractivity contribution is 5.81. The van der Waals surface area contributed by atoms with Gasteiger partial charge in [-0.05, 0) is 56.8 Å². The second-order valence-electron chi connectivity index (χ2n) is 24.8. The SMILES string of the molecule is CCCCCCCCCCCCC(O)C(=O)NC(CC)C(O)CCCCCCCCCC1CC1CCCCCC.CCCCCCCCCCCCCCCC(O)C(CC)NC(=O)C(O)CCCCCCCCCCCC. The summed E-state index contributed by atoms with van der Waals surface area (Å²) in [7, 11) is 0. The standard InChI is InChI=1S/C36H71NO3.C33H67NO3/c1-4-7-9-11-12-13-14-17-21-25-29-35(39)36(40)37-33(6-3)34(38)28-24-20-18-15-16-19-23-27-32-30-31(32)26-22-10-8-5-2;1-4-7-9-11-13-15-17-18-19-21-22-24-26-28-31(35)30(6-3)34-33(37)32(36)29-27-25-23-20-16-14-12-10-8-5-2/h31-35,38-39H,4-30H2,1-3H3,(H,37,40);30-32,35-36H,4-29H2,1-3H3,(H,34,37). The van der Waals surface area contributed by atoms with E-state index in [1.165, 1.54) is 250 Å². The fourth-order valence-corrected chi connectivity index (χ4v) is 11.7. The van der Waals surface area contributed by atoms with Crippen LogP contribution in [0.15, 0.2) is 0 Å². The highest BCUT2D eigenvalue weighted by atomic mass is 16.3. The largest absolute Gasteiger partial charge is 0.391 e. The maximum atomic E-state index is 12.5. The molecule has 1 fully saturated rings. The van der Waals surface area contributed by atoms with Gasteiger partial charge in [0.2, 0.25) is 11.8 Å². The molecular formula is C69H138N2O6. The first-order valence-corrected chi connectivity index (χ1v) is 34.9. The number of amides is 2. The molecule has 460 valence electrons. The topological polar surface area (TPSA) is 139 Å². The van der Waals surface area contributed by atoms with Crippen molar-refractivity contribution in [3.05, 3.63) is 0 Å². The highest BCUT2D eigenvalue weighted by Gasteiger charge is 2.35. The summed E-state index contributed by atoms with van der Waals surface area (Å²) in [6, 6.07) is -0.514. The Morgan fingerprint density at radius 3 is 0.766 bits per heavy atom. The number of unbranched alkanes of at least 4 members (excludes halogenated alkanes) is 39. The van der Waals surface area contributed by atoms with Crippen LogP contribution in [0.3, 0.4) is 0 Å². The van der Waals surface area contributed by atoms with Gasteiger partial charge in [-0.25, -0.2) is 0 Å². The van der Waals surface area contributed by atoms with E-state index in [9.17, 15) is 30.0 Å². The molecule has 0 spiro atoms. The lowest BCUT2D eigenvalue weighted by Gasteiger charge is -2.24. The zero-order valence-electron chi connectivity index (χ0n) is 52.7. The first-order chi connectivity index (χ1) is 37.6. The van der Waals surface area contributed by atoms with E-state index in [2.05, 4.69) is 38.3 Å². The summed E-state index contributed by atoms with van der Waals surface area (Å²) in [6.45, 7) is 13.1. The van der Waals surface area contributed by atoms with Gasteiger partial charge in [-0.3, -0.25) is 9.59 Å². The molecule has 0 aromatic carbocycles. The lowest BCUT2D eigenvalue weighted by Crippen LogP contribution is -2.47. The van der Waals surface area contributed by atoms with E-state index >= 15 is 0 Å². The molecule has 0 bridgehead atoms. The molecule has 77 heavy (non-hydrogen) atoms. The molecular weight excluding hydrogens is 953 g/mol. The van der Waals surface area contributed by atoms with Crippen LogP contribution in [0.2, 0.25) is 0 Å². The smallest absolute Gasteiger partial charge is 0.249 e. The summed E-state index contributed by atoms with van der Waals surface area (Å²) in [4.78, 5) is 24.9. The number of hydrogen-bond donors (Lipinski definition) is 6. The molecule has 0 saturated heterocycles. The Kier molecular flexibility index (Phi) is 57.1. The molecule has 8 atom stereocenters. The molecule has 0 heterocycles. The normalized spacial score (nSPS) is 16.5. The van der Waals surface area contributed by atoms with Gasteiger partial charge in [-0.15, -0.1) is 0 Å². The van der Waals surface area contributed by atoms with Crippen molar-refractivity contribution in [1.29, 1.82) is 0 Å². The maximum absolute atomic E-state index is 12.5. The average molecular weight is 1090 g/mol. The molecule has 1 saturated carbocycles. The van der Waals surface area contributed by atoms with E-state index in [1.54, 1.807) is 0 Å². The van der Waals surface area contributed by atoms with Crippen molar-refractivity contribution >= 4 is 11.8 Å². The minimum absolute atomic E-state index is 0.257. The van der Waals surface area contributed by atoms with Crippen molar-refractivity contribution < 1.29 is 30.0 Å². The Hall–Kier alpha value is -1.22. The van der Waals surface area contributed by atoms with Gasteiger partial charge in [0.1, 0.15) is 12.2 Å². The Labute approximate surface area is 480 Å². The second kappa shape index (κ2) is 58.0. The number of aliphatic hydroxyl groups is 4. The Bertz CT molecular complexity index is 1220. The molecule has 8 nitrogen and oxygen atoms in total. The zero-order valence-corrected chi connectivity index (χ0v) is 52.7. The third kappa shape index (κ3) is 49.1. The Morgan fingerprint density at radius 2 is 0.519 bits per heavy atom. The molecule has 0 aromatic heterocycles. The summed E-state index contributed by atoms with van der Waals surface area (Å²) in [6.07, 6.45) is 61.9. The third-order valence-electron chi connectivity index (χ3n) is 17.4. The minimum Gasteiger partial charge on any atom is -0.391 e. The zero-order chi connectivity index (χ0) is 56.7. The second-order valence-corrected chi connectivity index (χ2v) is 24.8. The fourth-order valence-electron chi connectivity index (χ4n) is 11.7.